The summed E-state index contributed by atoms with van der Waals surface area (Å²) >= 11 is 0. The fraction of sp³-hybridized carbons (Fsp3) is 0. The van der Waals surface area contributed by atoms with E-state index in [9.17, 15) is 0 Å². The van der Waals surface area contributed by atoms with E-state index in [2.05, 4.69) is 222 Å². The minimum Gasteiger partial charge on any atom is -0.455 e. The van der Waals surface area contributed by atoms with Crippen molar-refractivity contribution in [2.75, 3.05) is 4.90 Å². The molecule has 0 aliphatic heterocycles. The standard InChI is InChI=1S/C56H36N2O/c1-2-15-38(16-3-1)45-32-29-41(46-23-13-24-50-49-22-9-11-27-55(49)59-56(46)50)35-53(45)58-52-25-10-8-21-47(52)48-33-31-43(36-54(48)58)57(42-30-28-37-14-4-5-18-40(37)34-42)51-26-12-19-39-17-6-7-20-44(39)51/h1-36H. The number of anilines is 3. The first-order valence-corrected chi connectivity index (χ1v) is 20.2. The predicted octanol–water partition coefficient (Wildman–Crippen LogP) is 15.8. The molecule has 0 aliphatic rings. The van der Waals surface area contributed by atoms with Crippen LogP contribution in [0.25, 0.3) is 93.2 Å². The molecule has 0 unspecified atom stereocenters. The van der Waals surface area contributed by atoms with Crippen LogP contribution in [-0.2, 0) is 0 Å². The lowest BCUT2D eigenvalue weighted by molar-refractivity contribution is 0.670. The molecule has 2 aromatic heterocycles. The zero-order valence-electron chi connectivity index (χ0n) is 32.1. The van der Waals surface area contributed by atoms with Crippen LogP contribution in [0.5, 0.6) is 0 Å². The monoisotopic (exact) mass is 752 g/mol. The second-order valence-corrected chi connectivity index (χ2v) is 15.3. The largest absolute Gasteiger partial charge is 0.455 e. The van der Waals surface area contributed by atoms with Crippen molar-refractivity contribution in [1.29, 1.82) is 0 Å². The smallest absolute Gasteiger partial charge is 0.143 e. The van der Waals surface area contributed by atoms with Crippen LogP contribution < -0.4 is 4.90 Å². The molecule has 0 spiro atoms. The van der Waals surface area contributed by atoms with Crippen LogP contribution in [0.15, 0.2) is 223 Å². The molecule has 3 nitrogen and oxygen atoms in total. The Kier molecular flexibility index (Phi) is 7.54. The van der Waals surface area contributed by atoms with Gasteiger partial charge in [-0.15, -0.1) is 0 Å². The van der Waals surface area contributed by atoms with Crippen LogP contribution >= 0.6 is 0 Å². The number of furan rings is 1. The molecule has 0 radical (unpaired) electrons. The second-order valence-electron chi connectivity index (χ2n) is 15.3. The van der Waals surface area contributed by atoms with E-state index < -0.39 is 0 Å². The van der Waals surface area contributed by atoms with Crippen molar-refractivity contribution in [3.63, 3.8) is 0 Å². The van der Waals surface area contributed by atoms with E-state index >= 15 is 0 Å². The van der Waals surface area contributed by atoms with Crippen molar-refractivity contribution in [3.05, 3.63) is 218 Å². The van der Waals surface area contributed by atoms with Gasteiger partial charge in [0.05, 0.1) is 22.4 Å². The van der Waals surface area contributed by atoms with E-state index in [0.29, 0.717) is 0 Å². The lowest BCUT2D eigenvalue weighted by atomic mass is 9.96. The summed E-state index contributed by atoms with van der Waals surface area (Å²) in [5.41, 5.74) is 13.0. The van der Waals surface area contributed by atoms with Gasteiger partial charge in [-0.05, 0) is 75.8 Å². The molecule has 10 aromatic carbocycles. The first-order valence-electron chi connectivity index (χ1n) is 20.2. The van der Waals surface area contributed by atoms with Gasteiger partial charge < -0.3 is 13.9 Å². The van der Waals surface area contributed by atoms with Gasteiger partial charge in [0.1, 0.15) is 11.2 Å². The average Bonchev–Trinajstić information content (AvgIpc) is 3.85. The Hall–Kier alpha value is -7.88. The van der Waals surface area contributed by atoms with Crippen molar-refractivity contribution in [2.45, 2.75) is 0 Å². The molecule has 0 aliphatic carbocycles. The Balaban J connectivity index is 1.14. The number of benzene rings is 10. The quantitative estimate of drug-likeness (QED) is 0.169. The molecule has 0 N–H and O–H groups in total. The van der Waals surface area contributed by atoms with E-state index in [1.54, 1.807) is 0 Å². The third-order valence-corrected chi connectivity index (χ3v) is 12.0. The molecule has 276 valence electrons. The van der Waals surface area contributed by atoms with Crippen LogP contribution in [0, 0.1) is 0 Å². The van der Waals surface area contributed by atoms with Gasteiger partial charge in [0.15, 0.2) is 0 Å². The highest BCUT2D eigenvalue weighted by Crippen LogP contribution is 2.45. The molecule has 12 aromatic rings. The maximum Gasteiger partial charge on any atom is 0.143 e. The SMILES string of the molecule is c1ccc(-c2ccc(-c3cccc4c3oc3ccccc34)cc2-n2c3ccccc3c3ccc(N(c4ccc5ccccc5c4)c4cccc5ccccc45)cc32)cc1. The number of nitrogens with zero attached hydrogens (tertiary/aromatic N) is 2. The van der Waals surface area contributed by atoms with Crippen molar-refractivity contribution in [2.24, 2.45) is 0 Å². The Labute approximate surface area is 341 Å². The van der Waals surface area contributed by atoms with Crippen molar-refractivity contribution in [3.8, 4) is 27.9 Å². The molecular formula is C56H36N2O. The van der Waals surface area contributed by atoms with Gasteiger partial charge >= 0.3 is 0 Å². The normalized spacial score (nSPS) is 11.7. The first-order chi connectivity index (χ1) is 29.3. The number of hydrogen-bond donors (Lipinski definition) is 0. The first kappa shape index (κ1) is 33.3. The fourth-order valence-corrected chi connectivity index (χ4v) is 9.22. The number of hydrogen-bond acceptors (Lipinski definition) is 2. The zero-order chi connectivity index (χ0) is 38.9. The number of fused-ring (bicyclic) bond motifs is 8. The van der Waals surface area contributed by atoms with E-state index in [-0.39, 0.29) is 0 Å². The Bertz CT molecular complexity index is 3570. The highest BCUT2D eigenvalue weighted by Gasteiger charge is 2.22. The van der Waals surface area contributed by atoms with Gasteiger partial charge in [0, 0.05) is 49.4 Å². The topological polar surface area (TPSA) is 21.3 Å². The third kappa shape index (κ3) is 5.36. The summed E-state index contributed by atoms with van der Waals surface area (Å²) in [7, 11) is 0. The molecule has 0 atom stereocenters. The third-order valence-electron chi connectivity index (χ3n) is 12.0. The summed E-state index contributed by atoms with van der Waals surface area (Å²) in [6.07, 6.45) is 0. The van der Waals surface area contributed by atoms with E-state index in [1.807, 2.05) is 6.07 Å². The Morgan fingerprint density at radius 1 is 0.356 bits per heavy atom. The van der Waals surface area contributed by atoms with Crippen LogP contribution in [0.3, 0.4) is 0 Å². The number of rotatable bonds is 6. The van der Waals surface area contributed by atoms with Crippen molar-refractivity contribution >= 4 is 82.4 Å². The highest BCUT2D eigenvalue weighted by molar-refractivity contribution is 6.13. The Morgan fingerprint density at radius 3 is 1.92 bits per heavy atom. The summed E-state index contributed by atoms with van der Waals surface area (Å²) in [4.78, 5) is 2.42. The molecule has 0 fully saturated rings. The second kappa shape index (κ2) is 13.4. The van der Waals surface area contributed by atoms with Gasteiger partial charge in [-0.1, -0.05) is 170 Å². The minimum atomic E-state index is 0.896. The van der Waals surface area contributed by atoms with Crippen molar-refractivity contribution in [1.82, 2.24) is 4.57 Å². The summed E-state index contributed by atoms with van der Waals surface area (Å²) in [6, 6.07) is 78.9. The molecule has 0 bridgehead atoms. The average molecular weight is 753 g/mol. The molecule has 0 amide bonds. The van der Waals surface area contributed by atoms with Gasteiger partial charge in [-0.25, -0.2) is 0 Å². The number of aromatic nitrogens is 1. The van der Waals surface area contributed by atoms with Crippen molar-refractivity contribution < 1.29 is 4.42 Å². The summed E-state index contributed by atoms with van der Waals surface area (Å²) in [5, 5.41) is 9.48. The summed E-state index contributed by atoms with van der Waals surface area (Å²) < 4.78 is 9.07. The van der Waals surface area contributed by atoms with Crippen LogP contribution in [0.1, 0.15) is 0 Å². The van der Waals surface area contributed by atoms with E-state index in [1.165, 1.54) is 32.3 Å². The van der Waals surface area contributed by atoms with Crippen LogP contribution in [0.4, 0.5) is 17.1 Å². The molecule has 59 heavy (non-hydrogen) atoms. The minimum absolute atomic E-state index is 0.896. The Morgan fingerprint density at radius 2 is 1.02 bits per heavy atom. The highest BCUT2D eigenvalue weighted by atomic mass is 16.3. The molecule has 3 heteroatoms. The van der Waals surface area contributed by atoms with Crippen LogP contribution in [0.2, 0.25) is 0 Å². The summed E-state index contributed by atoms with van der Waals surface area (Å²) in [6.45, 7) is 0. The lowest BCUT2D eigenvalue weighted by Gasteiger charge is -2.27. The number of para-hydroxylation sites is 3. The van der Waals surface area contributed by atoms with E-state index in [0.717, 1.165) is 78.0 Å². The molecule has 2 heterocycles. The van der Waals surface area contributed by atoms with Gasteiger partial charge in [-0.2, -0.15) is 0 Å². The molecular weight excluding hydrogens is 717 g/mol. The van der Waals surface area contributed by atoms with Crippen LogP contribution in [-0.4, -0.2) is 4.57 Å². The lowest BCUT2D eigenvalue weighted by Crippen LogP contribution is -2.10. The maximum atomic E-state index is 6.60. The molecule has 0 saturated heterocycles. The molecule has 0 saturated carbocycles. The van der Waals surface area contributed by atoms with E-state index in [4.69, 9.17) is 4.42 Å². The predicted molar refractivity (Wildman–Crippen MR) is 249 cm³/mol. The zero-order valence-corrected chi connectivity index (χ0v) is 32.1. The fourth-order valence-electron chi connectivity index (χ4n) is 9.22. The maximum absolute atomic E-state index is 6.60. The van der Waals surface area contributed by atoms with Gasteiger partial charge in [-0.3, -0.25) is 0 Å². The summed E-state index contributed by atoms with van der Waals surface area (Å²) in [5.74, 6) is 0. The molecule has 12 rings (SSSR count). The van der Waals surface area contributed by atoms with Gasteiger partial charge in [0.25, 0.3) is 0 Å². The van der Waals surface area contributed by atoms with Gasteiger partial charge in [0.2, 0.25) is 0 Å².